The second kappa shape index (κ2) is 7.13. The van der Waals surface area contributed by atoms with Crippen LogP contribution < -0.4 is 5.32 Å². The quantitative estimate of drug-likeness (QED) is 0.291. The SMILES string of the molecule is c1ccc(Nc2ccc3c(c2)-c2ccccc2C32c3ccccc3Sc3ccccc32)cc1. The molecule has 7 rings (SSSR count). The van der Waals surface area contributed by atoms with E-state index < -0.39 is 0 Å². The van der Waals surface area contributed by atoms with Crippen molar-refractivity contribution in [2.75, 3.05) is 5.32 Å². The molecule has 1 heterocycles. The first-order chi connectivity index (χ1) is 16.4. The van der Waals surface area contributed by atoms with Crippen LogP contribution in [0.1, 0.15) is 22.3 Å². The average molecular weight is 440 g/mol. The Balaban J connectivity index is 1.53. The Morgan fingerprint density at radius 2 is 1.03 bits per heavy atom. The summed E-state index contributed by atoms with van der Waals surface area (Å²) < 4.78 is 0. The molecule has 0 bridgehead atoms. The molecule has 33 heavy (non-hydrogen) atoms. The van der Waals surface area contributed by atoms with E-state index in [0.29, 0.717) is 0 Å². The van der Waals surface area contributed by atoms with E-state index in [9.17, 15) is 0 Å². The van der Waals surface area contributed by atoms with Gasteiger partial charge in [0.05, 0.1) is 5.41 Å². The second-order valence-electron chi connectivity index (χ2n) is 8.64. The second-order valence-corrected chi connectivity index (χ2v) is 9.73. The molecule has 1 nitrogen and oxygen atoms in total. The van der Waals surface area contributed by atoms with E-state index in [2.05, 4.69) is 121 Å². The van der Waals surface area contributed by atoms with Crippen molar-refractivity contribution in [1.29, 1.82) is 0 Å². The summed E-state index contributed by atoms with van der Waals surface area (Å²) in [6.45, 7) is 0. The zero-order valence-electron chi connectivity index (χ0n) is 18.0. The zero-order valence-corrected chi connectivity index (χ0v) is 18.8. The number of anilines is 2. The summed E-state index contributed by atoms with van der Waals surface area (Å²) in [7, 11) is 0. The molecule has 5 aromatic rings. The fraction of sp³-hybridized carbons (Fsp3) is 0.0323. The highest BCUT2D eigenvalue weighted by atomic mass is 32.2. The monoisotopic (exact) mass is 439 g/mol. The highest BCUT2D eigenvalue weighted by molar-refractivity contribution is 7.99. The molecule has 0 saturated carbocycles. The van der Waals surface area contributed by atoms with Crippen LogP contribution in [0.15, 0.2) is 131 Å². The fourth-order valence-corrected chi connectivity index (χ4v) is 6.82. The lowest BCUT2D eigenvalue weighted by molar-refractivity contribution is 0.722. The number of nitrogens with one attached hydrogen (secondary N) is 1. The predicted molar refractivity (Wildman–Crippen MR) is 138 cm³/mol. The number of rotatable bonds is 2. The van der Waals surface area contributed by atoms with E-state index in [0.717, 1.165) is 11.4 Å². The maximum atomic E-state index is 3.59. The minimum Gasteiger partial charge on any atom is -0.356 e. The third-order valence-electron chi connectivity index (χ3n) is 6.91. The Morgan fingerprint density at radius 1 is 0.455 bits per heavy atom. The van der Waals surface area contributed by atoms with E-state index in [1.165, 1.54) is 43.2 Å². The predicted octanol–water partition coefficient (Wildman–Crippen LogP) is 8.26. The van der Waals surface area contributed by atoms with E-state index >= 15 is 0 Å². The minimum absolute atomic E-state index is 0.296. The summed E-state index contributed by atoms with van der Waals surface area (Å²) in [5.41, 5.74) is 10.0. The summed E-state index contributed by atoms with van der Waals surface area (Å²) in [5, 5.41) is 3.59. The number of hydrogen-bond acceptors (Lipinski definition) is 2. The van der Waals surface area contributed by atoms with Gasteiger partial charge >= 0.3 is 0 Å². The van der Waals surface area contributed by atoms with E-state index in [4.69, 9.17) is 0 Å². The maximum absolute atomic E-state index is 3.59. The van der Waals surface area contributed by atoms with Gasteiger partial charge in [-0.1, -0.05) is 96.7 Å². The largest absolute Gasteiger partial charge is 0.356 e. The van der Waals surface area contributed by atoms with Crippen LogP contribution >= 0.6 is 11.8 Å². The Hall–Kier alpha value is -3.75. The molecule has 0 radical (unpaired) electrons. The van der Waals surface area contributed by atoms with Gasteiger partial charge in [0.1, 0.15) is 0 Å². The normalized spacial score (nSPS) is 14.2. The summed E-state index contributed by atoms with van der Waals surface area (Å²) in [6, 6.07) is 44.1. The van der Waals surface area contributed by atoms with Crippen LogP contribution in [0.25, 0.3) is 11.1 Å². The van der Waals surface area contributed by atoms with Gasteiger partial charge in [-0.2, -0.15) is 0 Å². The van der Waals surface area contributed by atoms with Crippen LogP contribution in [0.5, 0.6) is 0 Å². The van der Waals surface area contributed by atoms with Crippen molar-refractivity contribution in [3.63, 3.8) is 0 Å². The van der Waals surface area contributed by atoms with E-state index in [-0.39, 0.29) is 5.41 Å². The molecule has 0 fully saturated rings. The van der Waals surface area contributed by atoms with Gasteiger partial charge in [0.15, 0.2) is 0 Å². The number of benzene rings is 5. The van der Waals surface area contributed by atoms with Crippen LogP contribution in [-0.4, -0.2) is 0 Å². The first-order valence-electron chi connectivity index (χ1n) is 11.3. The molecular formula is C31H21NS. The van der Waals surface area contributed by atoms with Gasteiger partial charge in [0.25, 0.3) is 0 Å². The lowest BCUT2D eigenvalue weighted by Crippen LogP contribution is -2.31. The Bertz CT molecular complexity index is 1470. The molecule has 5 aromatic carbocycles. The Morgan fingerprint density at radius 3 is 1.76 bits per heavy atom. The van der Waals surface area contributed by atoms with Gasteiger partial charge in [-0.25, -0.2) is 0 Å². The van der Waals surface area contributed by atoms with Gasteiger partial charge < -0.3 is 5.32 Å². The van der Waals surface area contributed by atoms with Gasteiger partial charge in [0.2, 0.25) is 0 Å². The highest BCUT2D eigenvalue weighted by Gasteiger charge is 2.49. The standard InChI is InChI=1S/C31H21NS/c1-2-10-21(11-3-1)32-22-18-19-26-24(20-22)23-12-4-5-13-25(23)31(26)27-14-6-8-16-29(27)33-30-17-9-7-15-28(30)31/h1-20,32H. The summed E-state index contributed by atoms with van der Waals surface area (Å²) >= 11 is 1.89. The average Bonchev–Trinajstić information content (AvgIpc) is 3.16. The molecule has 1 aliphatic carbocycles. The first kappa shape index (κ1) is 18.8. The Labute approximate surface area is 198 Å². The molecular weight excluding hydrogens is 418 g/mol. The highest BCUT2D eigenvalue weighted by Crippen LogP contribution is 2.62. The number of para-hydroxylation sites is 1. The zero-order chi connectivity index (χ0) is 21.8. The van der Waals surface area contributed by atoms with Crippen molar-refractivity contribution < 1.29 is 0 Å². The van der Waals surface area contributed by atoms with E-state index in [1.807, 2.05) is 17.8 Å². The lowest BCUT2D eigenvalue weighted by atomic mass is 9.67. The Kier molecular flexibility index (Phi) is 4.06. The topological polar surface area (TPSA) is 12.0 Å². The summed E-state index contributed by atoms with van der Waals surface area (Å²) in [6.07, 6.45) is 0. The lowest BCUT2D eigenvalue weighted by Gasteiger charge is -2.39. The molecule has 0 amide bonds. The van der Waals surface area contributed by atoms with Crippen LogP contribution in [0.4, 0.5) is 11.4 Å². The van der Waals surface area contributed by atoms with Crippen molar-refractivity contribution in [3.05, 3.63) is 144 Å². The summed E-state index contributed by atoms with van der Waals surface area (Å²) in [4.78, 5) is 2.68. The molecule has 1 spiro atoms. The summed E-state index contributed by atoms with van der Waals surface area (Å²) in [5.74, 6) is 0. The molecule has 1 aliphatic heterocycles. The van der Waals surface area contributed by atoms with Gasteiger partial charge in [-0.15, -0.1) is 0 Å². The maximum Gasteiger partial charge on any atom is 0.0735 e. The number of fused-ring (bicyclic) bond motifs is 9. The van der Waals surface area contributed by atoms with Crippen LogP contribution in [0, 0.1) is 0 Å². The molecule has 2 aliphatic rings. The first-order valence-corrected chi connectivity index (χ1v) is 12.1. The number of hydrogen-bond donors (Lipinski definition) is 1. The van der Waals surface area contributed by atoms with Gasteiger partial charge in [-0.3, -0.25) is 0 Å². The molecule has 0 aromatic heterocycles. The van der Waals surface area contributed by atoms with Crippen molar-refractivity contribution in [1.82, 2.24) is 0 Å². The van der Waals surface area contributed by atoms with Crippen molar-refractivity contribution in [2.24, 2.45) is 0 Å². The van der Waals surface area contributed by atoms with Crippen LogP contribution in [-0.2, 0) is 5.41 Å². The third kappa shape index (κ3) is 2.62. The van der Waals surface area contributed by atoms with Gasteiger partial charge in [0, 0.05) is 21.2 Å². The minimum atomic E-state index is -0.296. The van der Waals surface area contributed by atoms with Gasteiger partial charge in [-0.05, 0) is 69.8 Å². The molecule has 156 valence electrons. The fourth-order valence-electron chi connectivity index (χ4n) is 5.62. The van der Waals surface area contributed by atoms with Crippen LogP contribution in [0.2, 0.25) is 0 Å². The van der Waals surface area contributed by atoms with Crippen molar-refractivity contribution in [2.45, 2.75) is 15.2 Å². The molecule has 0 atom stereocenters. The molecule has 0 unspecified atom stereocenters. The molecule has 2 heteroatoms. The molecule has 1 N–H and O–H groups in total. The smallest absolute Gasteiger partial charge is 0.0735 e. The van der Waals surface area contributed by atoms with E-state index in [1.54, 1.807) is 0 Å². The van der Waals surface area contributed by atoms with Crippen molar-refractivity contribution >= 4 is 23.1 Å². The third-order valence-corrected chi connectivity index (χ3v) is 8.06. The van der Waals surface area contributed by atoms with Crippen LogP contribution in [0.3, 0.4) is 0 Å². The van der Waals surface area contributed by atoms with Crippen molar-refractivity contribution in [3.8, 4) is 11.1 Å². The molecule has 0 saturated heterocycles.